The number of carbonyl (C=O) groups is 1. The van der Waals surface area contributed by atoms with Gasteiger partial charge in [-0.15, -0.1) is 10.2 Å². The third-order valence-corrected chi connectivity index (χ3v) is 4.43. The van der Waals surface area contributed by atoms with Crippen LogP contribution in [0.25, 0.3) is 27.8 Å². The van der Waals surface area contributed by atoms with Crippen LogP contribution in [0.3, 0.4) is 0 Å². The second-order valence-corrected chi connectivity index (χ2v) is 6.25. The van der Waals surface area contributed by atoms with Crippen molar-refractivity contribution in [2.45, 2.75) is 19.6 Å². The quantitative estimate of drug-likeness (QED) is 0.543. The molecule has 0 saturated carbocycles. The van der Waals surface area contributed by atoms with E-state index < -0.39 is 11.5 Å². The lowest BCUT2D eigenvalue weighted by atomic mass is 10.1. The van der Waals surface area contributed by atoms with Crippen LogP contribution in [0.5, 0.6) is 0 Å². The number of pyridine rings is 1. The Morgan fingerprint density at radius 3 is 2.68 bits per heavy atom. The van der Waals surface area contributed by atoms with Gasteiger partial charge in [-0.2, -0.15) is 5.10 Å². The number of hydrogen-bond acceptors (Lipinski definition) is 6. The average molecular weight is 379 g/mol. The number of nitrogens with zero attached hydrogens (tertiary/aromatic N) is 5. The highest BCUT2D eigenvalue weighted by atomic mass is 16.5. The van der Waals surface area contributed by atoms with E-state index in [4.69, 9.17) is 9.84 Å². The van der Waals surface area contributed by atoms with Gasteiger partial charge in [-0.05, 0) is 11.6 Å². The fourth-order valence-corrected chi connectivity index (χ4v) is 3.16. The van der Waals surface area contributed by atoms with Crippen LogP contribution in [0, 0.1) is 0 Å². The Hall–Kier alpha value is -3.59. The summed E-state index contributed by atoms with van der Waals surface area (Å²) < 4.78 is 8.18. The molecule has 0 saturated heterocycles. The van der Waals surface area contributed by atoms with Gasteiger partial charge in [0, 0.05) is 19.9 Å². The van der Waals surface area contributed by atoms with Gasteiger partial charge in [0.2, 0.25) is 0 Å². The van der Waals surface area contributed by atoms with Crippen LogP contribution < -0.4 is 5.56 Å². The van der Waals surface area contributed by atoms with Crippen molar-refractivity contribution in [3.8, 4) is 11.1 Å². The molecule has 4 rings (SSSR count). The van der Waals surface area contributed by atoms with Crippen LogP contribution >= 0.6 is 0 Å². The lowest BCUT2D eigenvalue weighted by Gasteiger charge is -2.06. The Morgan fingerprint density at radius 1 is 1.18 bits per heavy atom. The summed E-state index contributed by atoms with van der Waals surface area (Å²) in [6.45, 7) is 0.345. The molecule has 0 amide bonds. The molecule has 0 atom stereocenters. The second kappa shape index (κ2) is 7.20. The Labute approximate surface area is 158 Å². The molecule has 142 valence electrons. The number of aryl methyl sites for hydroxylation is 1. The Balaban J connectivity index is 1.94. The molecule has 3 aromatic heterocycles. The smallest absolute Gasteiger partial charge is 0.305 e. The summed E-state index contributed by atoms with van der Waals surface area (Å²) >= 11 is 0. The van der Waals surface area contributed by atoms with Crippen molar-refractivity contribution >= 4 is 22.6 Å². The van der Waals surface area contributed by atoms with Crippen LogP contribution in [0.4, 0.5) is 0 Å². The molecule has 0 bridgehead atoms. The van der Waals surface area contributed by atoms with Gasteiger partial charge in [0.05, 0.1) is 24.3 Å². The van der Waals surface area contributed by atoms with E-state index in [1.165, 1.54) is 4.57 Å². The number of aromatic nitrogens is 5. The SMILES string of the molecule is COCc1nn2c(nnc3c(=O)n(CCC(=O)O)ccc32)c1-c1ccccc1. The van der Waals surface area contributed by atoms with E-state index in [1.807, 2.05) is 30.3 Å². The van der Waals surface area contributed by atoms with Crippen molar-refractivity contribution in [3.05, 3.63) is 58.6 Å². The molecular weight excluding hydrogens is 362 g/mol. The van der Waals surface area contributed by atoms with Crippen LogP contribution in [-0.4, -0.2) is 42.6 Å². The van der Waals surface area contributed by atoms with Crippen molar-refractivity contribution in [1.29, 1.82) is 0 Å². The molecule has 0 radical (unpaired) electrons. The van der Waals surface area contributed by atoms with Gasteiger partial charge >= 0.3 is 5.97 Å². The largest absolute Gasteiger partial charge is 0.481 e. The summed E-state index contributed by atoms with van der Waals surface area (Å²) in [5, 5.41) is 21.8. The molecular formula is C19H17N5O4. The van der Waals surface area contributed by atoms with Crippen molar-refractivity contribution in [1.82, 2.24) is 24.4 Å². The van der Waals surface area contributed by atoms with E-state index in [0.29, 0.717) is 16.9 Å². The second-order valence-electron chi connectivity index (χ2n) is 6.25. The lowest BCUT2D eigenvalue weighted by molar-refractivity contribution is -0.137. The number of methoxy groups -OCH3 is 1. The highest BCUT2D eigenvalue weighted by Crippen LogP contribution is 2.28. The molecule has 9 heteroatoms. The minimum Gasteiger partial charge on any atom is -0.481 e. The molecule has 1 aromatic carbocycles. The minimum atomic E-state index is -0.975. The highest BCUT2D eigenvalue weighted by molar-refractivity contribution is 5.84. The first kappa shape index (κ1) is 17.8. The molecule has 0 spiro atoms. The lowest BCUT2D eigenvalue weighted by Crippen LogP contribution is -2.22. The summed E-state index contributed by atoms with van der Waals surface area (Å²) in [4.78, 5) is 23.5. The number of carboxylic acids is 1. The van der Waals surface area contributed by atoms with Crippen LogP contribution in [0.1, 0.15) is 12.1 Å². The van der Waals surface area contributed by atoms with Gasteiger partial charge in [-0.3, -0.25) is 9.59 Å². The summed E-state index contributed by atoms with van der Waals surface area (Å²) in [7, 11) is 1.59. The maximum Gasteiger partial charge on any atom is 0.305 e. The summed E-state index contributed by atoms with van der Waals surface area (Å²) in [5.41, 5.74) is 3.16. The van der Waals surface area contributed by atoms with Crippen LogP contribution in [-0.2, 0) is 22.7 Å². The Kier molecular flexibility index (Phi) is 4.58. The normalized spacial score (nSPS) is 11.3. The van der Waals surface area contributed by atoms with Gasteiger partial charge in [0.1, 0.15) is 5.52 Å². The van der Waals surface area contributed by atoms with E-state index in [9.17, 15) is 9.59 Å². The molecule has 0 unspecified atom stereocenters. The predicted molar refractivity (Wildman–Crippen MR) is 101 cm³/mol. The fourth-order valence-electron chi connectivity index (χ4n) is 3.16. The van der Waals surface area contributed by atoms with Gasteiger partial charge in [0.15, 0.2) is 11.2 Å². The number of benzene rings is 1. The maximum atomic E-state index is 12.7. The van der Waals surface area contributed by atoms with Crippen molar-refractivity contribution in [2.75, 3.05) is 7.11 Å². The van der Waals surface area contributed by atoms with E-state index in [1.54, 1.807) is 23.9 Å². The van der Waals surface area contributed by atoms with Gasteiger partial charge in [-0.25, -0.2) is 4.52 Å². The minimum absolute atomic E-state index is 0.0626. The first-order valence-corrected chi connectivity index (χ1v) is 8.63. The first-order chi connectivity index (χ1) is 13.6. The molecule has 1 N–H and O–H groups in total. The maximum absolute atomic E-state index is 12.7. The zero-order chi connectivity index (χ0) is 19.7. The van der Waals surface area contributed by atoms with Crippen LogP contribution in [0.15, 0.2) is 47.4 Å². The number of hydrogen-bond donors (Lipinski definition) is 1. The summed E-state index contributed by atoms with van der Waals surface area (Å²) in [6.07, 6.45) is 1.40. The predicted octanol–water partition coefficient (Wildman–Crippen LogP) is 1.73. The van der Waals surface area contributed by atoms with Gasteiger partial charge in [0.25, 0.3) is 5.56 Å². The monoisotopic (exact) mass is 379 g/mol. The third kappa shape index (κ3) is 3.01. The van der Waals surface area contributed by atoms with E-state index in [2.05, 4.69) is 15.3 Å². The van der Waals surface area contributed by atoms with E-state index >= 15 is 0 Å². The molecule has 0 fully saturated rings. The standard InChI is InChI=1S/C19H17N5O4/c1-28-11-13-16(12-5-3-2-4-6-12)18-21-20-17-14(24(18)22-13)7-9-23(19(17)27)10-8-15(25)26/h2-7,9H,8,10-11H2,1H3,(H,25,26). The number of ether oxygens (including phenoxy) is 1. The highest BCUT2D eigenvalue weighted by Gasteiger charge is 2.19. The Morgan fingerprint density at radius 2 is 1.96 bits per heavy atom. The third-order valence-electron chi connectivity index (χ3n) is 4.43. The molecule has 0 aliphatic carbocycles. The zero-order valence-electron chi connectivity index (χ0n) is 15.1. The van der Waals surface area contributed by atoms with Gasteiger partial charge < -0.3 is 14.4 Å². The fraction of sp³-hybridized carbons (Fsp3) is 0.211. The number of aliphatic carboxylic acids is 1. The number of carboxylic acid groups (broad SMARTS) is 1. The molecule has 4 aromatic rings. The van der Waals surface area contributed by atoms with Crippen molar-refractivity contribution < 1.29 is 14.6 Å². The van der Waals surface area contributed by atoms with E-state index in [-0.39, 0.29) is 25.1 Å². The molecule has 0 aliphatic heterocycles. The summed E-state index contributed by atoms with van der Waals surface area (Å²) in [6, 6.07) is 11.4. The Bertz CT molecular complexity index is 1230. The molecule has 9 nitrogen and oxygen atoms in total. The average Bonchev–Trinajstić information content (AvgIpc) is 3.06. The first-order valence-electron chi connectivity index (χ1n) is 8.63. The molecule has 0 aliphatic rings. The number of rotatable bonds is 6. The summed E-state index contributed by atoms with van der Waals surface area (Å²) in [5.74, 6) is -0.975. The van der Waals surface area contributed by atoms with Crippen molar-refractivity contribution in [2.24, 2.45) is 0 Å². The van der Waals surface area contributed by atoms with Crippen LogP contribution in [0.2, 0.25) is 0 Å². The van der Waals surface area contributed by atoms with E-state index in [0.717, 1.165) is 11.1 Å². The van der Waals surface area contributed by atoms with Gasteiger partial charge in [-0.1, -0.05) is 30.3 Å². The molecule has 3 heterocycles. The zero-order valence-corrected chi connectivity index (χ0v) is 15.1. The molecule has 28 heavy (non-hydrogen) atoms. The van der Waals surface area contributed by atoms with Crippen molar-refractivity contribution in [3.63, 3.8) is 0 Å². The topological polar surface area (TPSA) is 112 Å². The number of fused-ring (bicyclic) bond motifs is 3.